The lowest BCUT2D eigenvalue weighted by molar-refractivity contribution is 0.302. The van der Waals surface area contributed by atoms with Crippen molar-refractivity contribution in [1.29, 1.82) is 0 Å². The summed E-state index contributed by atoms with van der Waals surface area (Å²) in [6, 6.07) is 8.31. The fourth-order valence-corrected chi connectivity index (χ4v) is 3.62. The first-order chi connectivity index (χ1) is 11.1. The molecular formula is C20H28N4. The van der Waals surface area contributed by atoms with E-state index in [1.807, 2.05) is 12.3 Å². The topological polar surface area (TPSA) is 45.1 Å². The standard InChI is InChI=1S/C20H28N4/c1-14-9-11-24-16(12-14)22-17(15-8-7-10-21-15)18(24)23-20(5,6)13-19(2,3)4/h7-12,21,23H,13H2,1-6H3. The summed E-state index contributed by atoms with van der Waals surface area (Å²) < 4.78 is 2.15. The Bertz CT molecular complexity index is 833. The van der Waals surface area contributed by atoms with Crippen LogP contribution in [0.4, 0.5) is 5.82 Å². The summed E-state index contributed by atoms with van der Waals surface area (Å²) in [6.07, 6.45) is 5.09. The Morgan fingerprint density at radius 1 is 1.17 bits per heavy atom. The molecule has 4 nitrogen and oxygen atoms in total. The van der Waals surface area contributed by atoms with Gasteiger partial charge in [0.1, 0.15) is 17.2 Å². The highest BCUT2D eigenvalue weighted by atomic mass is 15.2. The van der Waals surface area contributed by atoms with Gasteiger partial charge in [0.2, 0.25) is 0 Å². The van der Waals surface area contributed by atoms with E-state index in [-0.39, 0.29) is 11.0 Å². The zero-order valence-electron chi connectivity index (χ0n) is 15.6. The minimum Gasteiger partial charge on any atom is -0.364 e. The molecule has 3 rings (SSSR count). The number of pyridine rings is 1. The van der Waals surface area contributed by atoms with Crippen molar-refractivity contribution in [3.63, 3.8) is 0 Å². The fraction of sp³-hybridized carbons (Fsp3) is 0.450. The first-order valence-electron chi connectivity index (χ1n) is 8.55. The molecule has 0 fully saturated rings. The van der Waals surface area contributed by atoms with Crippen LogP contribution in [0.15, 0.2) is 36.7 Å². The number of aromatic amines is 1. The molecule has 3 aromatic heterocycles. The van der Waals surface area contributed by atoms with Gasteiger partial charge in [0.25, 0.3) is 0 Å². The molecule has 0 saturated carbocycles. The molecule has 0 atom stereocenters. The Kier molecular flexibility index (Phi) is 3.94. The van der Waals surface area contributed by atoms with E-state index in [0.29, 0.717) is 0 Å². The third-order valence-corrected chi connectivity index (χ3v) is 4.06. The average Bonchev–Trinajstić information content (AvgIpc) is 3.03. The second kappa shape index (κ2) is 5.69. The number of nitrogens with zero attached hydrogens (tertiary/aromatic N) is 2. The molecule has 3 aromatic rings. The minimum atomic E-state index is -0.0412. The van der Waals surface area contributed by atoms with Crippen molar-refractivity contribution in [1.82, 2.24) is 14.4 Å². The molecule has 2 N–H and O–H groups in total. The number of H-pyrrole nitrogens is 1. The van der Waals surface area contributed by atoms with E-state index in [9.17, 15) is 0 Å². The molecule has 0 radical (unpaired) electrons. The number of rotatable bonds is 4. The van der Waals surface area contributed by atoms with E-state index in [1.165, 1.54) is 5.56 Å². The van der Waals surface area contributed by atoms with E-state index in [2.05, 4.69) is 80.6 Å². The van der Waals surface area contributed by atoms with Crippen LogP contribution in [0, 0.1) is 12.3 Å². The van der Waals surface area contributed by atoms with Gasteiger partial charge in [-0.1, -0.05) is 20.8 Å². The molecule has 0 spiro atoms. The lowest BCUT2D eigenvalue weighted by atomic mass is 9.82. The van der Waals surface area contributed by atoms with Crippen molar-refractivity contribution in [3.05, 3.63) is 42.2 Å². The maximum absolute atomic E-state index is 4.87. The van der Waals surface area contributed by atoms with Crippen molar-refractivity contribution in [2.24, 2.45) is 5.41 Å². The van der Waals surface area contributed by atoms with Crippen LogP contribution in [0.3, 0.4) is 0 Å². The largest absolute Gasteiger partial charge is 0.364 e. The molecule has 24 heavy (non-hydrogen) atoms. The molecular weight excluding hydrogens is 296 g/mol. The highest BCUT2D eigenvalue weighted by Crippen LogP contribution is 2.34. The molecule has 128 valence electrons. The predicted octanol–water partition coefficient (Wildman–Crippen LogP) is 5.26. The quantitative estimate of drug-likeness (QED) is 0.687. The van der Waals surface area contributed by atoms with Crippen LogP contribution >= 0.6 is 0 Å². The monoisotopic (exact) mass is 324 g/mol. The second-order valence-electron chi connectivity index (χ2n) is 8.57. The van der Waals surface area contributed by atoms with Crippen molar-refractivity contribution in [2.75, 3.05) is 5.32 Å². The number of fused-ring (bicyclic) bond motifs is 1. The molecule has 0 aliphatic rings. The molecule has 0 saturated heterocycles. The predicted molar refractivity (Wildman–Crippen MR) is 101 cm³/mol. The number of nitrogens with one attached hydrogen (secondary N) is 2. The van der Waals surface area contributed by atoms with Crippen LogP contribution in [0.5, 0.6) is 0 Å². The number of imidazole rings is 1. The lowest BCUT2D eigenvalue weighted by Crippen LogP contribution is -2.36. The number of hydrogen-bond acceptors (Lipinski definition) is 2. The van der Waals surface area contributed by atoms with E-state index in [4.69, 9.17) is 4.98 Å². The molecule has 0 amide bonds. The smallest absolute Gasteiger partial charge is 0.140 e. The van der Waals surface area contributed by atoms with Gasteiger partial charge in [0.15, 0.2) is 0 Å². The first kappa shape index (κ1) is 16.6. The van der Waals surface area contributed by atoms with Gasteiger partial charge in [0, 0.05) is 17.9 Å². The van der Waals surface area contributed by atoms with E-state index < -0.39 is 0 Å². The zero-order chi connectivity index (χ0) is 17.5. The maximum Gasteiger partial charge on any atom is 0.140 e. The highest BCUT2D eigenvalue weighted by molar-refractivity contribution is 5.75. The molecule has 0 unspecified atom stereocenters. The third-order valence-electron chi connectivity index (χ3n) is 4.06. The zero-order valence-corrected chi connectivity index (χ0v) is 15.6. The van der Waals surface area contributed by atoms with E-state index >= 15 is 0 Å². The van der Waals surface area contributed by atoms with Crippen molar-refractivity contribution in [3.8, 4) is 11.4 Å². The Morgan fingerprint density at radius 2 is 1.92 bits per heavy atom. The van der Waals surface area contributed by atoms with Crippen LogP contribution in [-0.2, 0) is 0 Å². The van der Waals surface area contributed by atoms with Gasteiger partial charge in [-0.25, -0.2) is 4.98 Å². The molecule has 0 aliphatic heterocycles. The average molecular weight is 324 g/mol. The SMILES string of the molecule is Cc1ccn2c(NC(C)(C)CC(C)(C)C)c(-c3ccc[nH]3)nc2c1. The summed E-state index contributed by atoms with van der Waals surface area (Å²) in [5.74, 6) is 1.04. The summed E-state index contributed by atoms with van der Waals surface area (Å²) in [4.78, 5) is 8.15. The lowest BCUT2D eigenvalue weighted by Gasteiger charge is -2.34. The summed E-state index contributed by atoms with van der Waals surface area (Å²) in [5, 5.41) is 3.75. The van der Waals surface area contributed by atoms with Gasteiger partial charge in [0.05, 0.1) is 5.69 Å². The molecule has 0 aliphatic carbocycles. The minimum absolute atomic E-state index is 0.0412. The Labute approximate surface area is 144 Å². The number of anilines is 1. The fourth-order valence-electron chi connectivity index (χ4n) is 3.62. The van der Waals surface area contributed by atoms with Crippen molar-refractivity contribution >= 4 is 11.5 Å². The number of aromatic nitrogens is 3. The van der Waals surface area contributed by atoms with Gasteiger partial charge in [-0.3, -0.25) is 4.40 Å². The molecule has 0 aromatic carbocycles. The van der Waals surface area contributed by atoms with Crippen LogP contribution in [0.1, 0.15) is 46.6 Å². The first-order valence-corrected chi connectivity index (χ1v) is 8.55. The van der Waals surface area contributed by atoms with Gasteiger partial charge in [-0.05, 0) is 62.4 Å². The van der Waals surface area contributed by atoms with Gasteiger partial charge >= 0.3 is 0 Å². The van der Waals surface area contributed by atoms with E-state index in [1.54, 1.807) is 0 Å². The van der Waals surface area contributed by atoms with Gasteiger partial charge in [-0.15, -0.1) is 0 Å². The van der Waals surface area contributed by atoms with Crippen LogP contribution in [0.2, 0.25) is 0 Å². The Balaban J connectivity index is 2.10. The van der Waals surface area contributed by atoms with Gasteiger partial charge in [-0.2, -0.15) is 0 Å². The Morgan fingerprint density at radius 3 is 2.54 bits per heavy atom. The summed E-state index contributed by atoms with van der Waals surface area (Å²) in [6.45, 7) is 13.4. The normalized spacial score (nSPS) is 12.8. The molecule has 3 heterocycles. The summed E-state index contributed by atoms with van der Waals surface area (Å²) >= 11 is 0. The summed E-state index contributed by atoms with van der Waals surface area (Å²) in [7, 11) is 0. The molecule has 4 heteroatoms. The van der Waals surface area contributed by atoms with Crippen molar-refractivity contribution < 1.29 is 0 Å². The van der Waals surface area contributed by atoms with Crippen LogP contribution in [0.25, 0.3) is 17.0 Å². The molecule has 0 bridgehead atoms. The number of aryl methyl sites for hydroxylation is 1. The summed E-state index contributed by atoms with van der Waals surface area (Å²) in [5.41, 5.74) is 4.39. The maximum atomic E-state index is 4.87. The van der Waals surface area contributed by atoms with Crippen LogP contribution < -0.4 is 5.32 Å². The Hall–Kier alpha value is -2.23. The second-order valence-corrected chi connectivity index (χ2v) is 8.57. The highest BCUT2D eigenvalue weighted by Gasteiger charge is 2.28. The van der Waals surface area contributed by atoms with E-state index in [0.717, 1.165) is 29.3 Å². The van der Waals surface area contributed by atoms with Crippen LogP contribution in [-0.4, -0.2) is 19.9 Å². The van der Waals surface area contributed by atoms with Crippen molar-refractivity contribution in [2.45, 2.75) is 53.5 Å². The third kappa shape index (κ3) is 3.48. The number of hydrogen-bond donors (Lipinski definition) is 2. The van der Waals surface area contributed by atoms with Gasteiger partial charge < -0.3 is 10.3 Å².